The van der Waals surface area contributed by atoms with E-state index in [9.17, 15) is 4.39 Å². The molecule has 0 bridgehead atoms. The Morgan fingerprint density at radius 1 is 1.35 bits per heavy atom. The average molecular weight is 375 g/mol. The summed E-state index contributed by atoms with van der Waals surface area (Å²) >= 11 is 14.4. The zero-order chi connectivity index (χ0) is 14.5. The first-order valence-electron chi connectivity index (χ1n) is 5.65. The summed E-state index contributed by atoms with van der Waals surface area (Å²) in [5.41, 5.74) is 0.922. The zero-order valence-corrected chi connectivity index (χ0v) is 13.3. The smallest absolute Gasteiger partial charge is 0.172 e. The zero-order valence-electron chi connectivity index (χ0n) is 10.2. The molecule has 2 aromatic rings. The van der Waals surface area contributed by atoms with E-state index in [1.807, 2.05) is 0 Å². The Bertz CT molecular complexity index is 622. The quantitative estimate of drug-likeness (QED) is 0.792. The number of halogens is 3. The summed E-state index contributed by atoms with van der Waals surface area (Å²) in [6.07, 6.45) is 1.62. The summed E-state index contributed by atoms with van der Waals surface area (Å²) in [5.74, 6) is 0.215. The molecule has 2 rings (SSSR count). The van der Waals surface area contributed by atoms with Gasteiger partial charge in [0.05, 0.1) is 5.02 Å². The third kappa shape index (κ3) is 4.40. The fourth-order valence-corrected chi connectivity index (χ4v) is 2.29. The van der Waals surface area contributed by atoms with E-state index < -0.39 is 0 Å². The van der Waals surface area contributed by atoms with E-state index in [0.717, 1.165) is 10.0 Å². The van der Waals surface area contributed by atoms with Crippen LogP contribution in [-0.2, 0) is 6.54 Å². The minimum atomic E-state index is -0.264. The molecule has 0 spiro atoms. The van der Waals surface area contributed by atoms with Crippen molar-refractivity contribution in [2.45, 2.75) is 6.54 Å². The molecule has 7 heteroatoms. The van der Waals surface area contributed by atoms with E-state index in [0.29, 0.717) is 22.5 Å². The van der Waals surface area contributed by atoms with Crippen LogP contribution in [0.2, 0.25) is 5.02 Å². The number of benzene rings is 1. The highest BCUT2D eigenvalue weighted by atomic mass is 79.9. The highest BCUT2D eigenvalue weighted by Gasteiger charge is 2.05. The van der Waals surface area contributed by atoms with Gasteiger partial charge in [0, 0.05) is 17.2 Å². The first-order valence-corrected chi connectivity index (χ1v) is 7.23. The predicted molar refractivity (Wildman–Crippen MR) is 86.4 cm³/mol. The van der Waals surface area contributed by atoms with Crippen LogP contribution in [0.1, 0.15) is 5.56 Å². The minimum Gasteiger partial charge on any atom is -0.358 e. The van der Waals surface area contributed by atoms with Crippen molar-refractivity contribution in [3.63, 3.8) is 0 Å². The van der Waals surface area contributed by atoms with E-state index in [2.05, 4.69) is 31.5 Å². The van der Waals surface area contributed by atoms with Gasteiger partial charge >= 0.3 is 0 Å². The number of thiocarbonyl (C=S) groups is 1. The van der Waals surface area contributed by atoms with Crippen molar-refractivity contribution in [3.8, 4) is 0 Å². The van der Waals surface area contributed by atoms with Crippen LogP contribution in [0.25, 0.3) is 0 Å². The molecule has 0 aliphatic carbocycles. The molecule has 0 amide bonds. The van der Waals surface area contributed by atoms with Crippen LogP contribution >= 0.6 is 39.7 Å². The number of rotatable bonds is 3. The molecule has 2 N–H and O–H groups in total. The standard InChI is InChI=1S/C13H10BrClFN3S/c14-9-5-11(15)12(17-7-9)19-13(20)18-6-8-1-3-10(16)4-2-8/h1-5,7H,6H2,(H2,17,18,19,20). The second-order valence-corrected chi connectivity index (χ2v) is 5.65. The maximum Gasteiger partial charge on any atom is 0.172 e. The van der Waals surface area contributed by atoms with Crippen molar-refractivity contribution in [1.82, 2.24) is 10.3 Å². The molecule has 1 aromatic carbocycles. The SMILES string of the molecule is Fc1ccc(CNC(=S)Nc2ncc(Br)cc2Cl)cc1. The lowest BCUT2D eigenvalue weighted by Crippen LogP contribution is -2.28. The van der Waals surface area contributed by atoms with E-state index in [4.69, 9.17) is 23.8 Å². The van der Waals surface area contributed by atoms with Gasteiger partial charge in [-0.15, -0.1) is 0 Å². The van der Waals surface area contributed by atoms with Gasteiger partial charge in [0.1, 0.15) is 5.82 Å². The molecule has 1 aromatic heterocycles. The van der Waals surface area contributed by atoms with E-state index in [1.165, 1.54) is 12.1 Å². The maximum atomic E-state index is 12.8. The van der Waals surface area contributed by atoms with Gasteiger partial charge in [-0.25, -0.2) is 9.37 Å². The number of nitrogens with one attached hydrogen (secondary N) is 2. The predicted octanol–water partition coefficient (Wildman–Crippen LogP) is 4.12. The monoisotopic (exact) mass is 373 g/mol. The van der Waals surface area contributed by atoms with Crippen molar-refractivity contribution in [2.75, 3.05) is 5.32 Å². The minimum absolute atomic E-state index is 0.264. The summed E-state index contributed by atoms with van der Waals surface area (Å²) in [6.45, 7) is 0.486. The van der Waals surface area contributed by atoms with E-state index >= 15 is 0 Å². The highest BCUT2D eigenvalue weighted by Crippen LogP contribution is 2.22. The Kier molecular flexibility index (Phi) is 5.28. The van der Waals surface area contributed by atoms with Crippen molar-refractivity contribution >= 4 is 50.7 Å². The van der Waals surface area contributed by atoms with Crippen LogP contribution < -0.4 is 10.6 Å². The summed E-state index contributed by atoms with van der Waals surface area (Å²) in [5, 5.41) is 6.76. The van der Waals surface area contributed by atoms with Crippen LogP contribution in [0.15, 0.2) is 41.0 Å². The molecule has 0 saturated heterocycles. The lowest BCUT2D eigenvalue weighted by atomic mass is 10.2. The topological polar surface area (TPSA) is 37.0 Å². The van der Waals surface area contributed by atoms with Gasteiger partial charge in [-0.1, -0.05) is 23.7 Å². The van der Waals surface area contributed by atoms with Gasteiger partial charge in [-0.05, 0) is 51.9 Å². The normalized spacial score (nSPS) is 10.2. The van der Waals surface area contributed by atoms with Crippen LogP contribution in [-0.4, -0.2) is 10.1 Å². The summed E-state index contributed by atoms with van der Waals surface area (Å²) in [6, 6.07) is 7.91. The van der Waals surface area contributed by atoms with Gasteiger partial charge in [0.25, 0.3) is 0 Å². The van der Waals surface area contributed by atoms with Gasteiger partial charge in [0.15, 0.2) is 10.9 Å². The Morgan fingerprint density at radius 2 is 2.05 bits per heavy atom. The van der Waals surface area contributed by atoms with Crippen molar-refractivity contribution < 1.29 is 4.39 Å². The molecule has 20 heavy (non-hydrogen) atoms. The molecule has 104 valence electrons. The molecular weight excluding hydrogens is 365 g/mol. The van der Waals surface area contributed by atoms with Gasteiger partial charge in [0.2, 0.25) is 0 Å². The van der Waals surface area contributed by atoms with Crippen LogP contribution in [0.5, 0.6) is 0 Å². The molecule has 0 atom stereocenters. The largest absolute Gasteiger partial charge is 0.358 e. The van der Waals surface area contributed by atoms with Crippen molar-refractivity contribution in [1.29, 1.82) is 0 Å². The van der Waals surface area contributed by atoms with Gasteiger partial charge in [-0.2, -0.15) is 0 Å². The highest BCUT2D eigenvalue weighted by molar-refractivity contribution is 9.10. The second kappa shape index (κ2) is 6.97. The molecule has 0 radical (unpaired) electrons. The fourth-order valence-electron chi connectivity index (χ4n) is 1.44. The third-order valence-corrected chi connectivity index (χ3v) is 3.37. The number of aromatic nitrogens is 1. The lowest BCUT2D eigenvalue weighted by molar-refractivity contribution is 0.627. The first-order chi connectivity index (χ1) is 9.54. The molecule has 1 heterocycles. The van der Waals surface area contributed by atoms with E-state index in [-0.39, 0.29) is 5.82 Å². The average Bonchev–Trinajstić information content (AvgIpc) is 2.41. The number of hydrogen-bond donors (Lipinski definition) is 2. The Labute approximate surface area is 134 Å². The molecule has 0 saturated carbocycles. The molecule has 0 aliphatic rings. The summed E-state index contributed by atoms with van der Waals surface area (Å²) in [7, 11) is 0. The molecule has 0 unspecified atom stereocenters. The van der Waals surface area contributed by atoms with Crippen molar-refractivity contribution in [3.05, 3.63) is 57.4 Å². The van der Waals surface area contributed by atoms with Crippen LogP contribution in [0.3, 0.4) is 0 Å². The molecule has 3 nitrogen and oxygen atoms in total. The number of nitrogens with zero attached hydrogens (tertiary/aromatic N) is 1. The van der Waals surface area contributed by atoms with Crippen LogP contribution in [0, 0.1) is 5.82 Å². The van der Waals surface area contributed by atoms with E-state index in [1.54, 1.807) is 24.4 Å². The number of hydrogen-bond acceptors (Lipinski definition) is 2. The molecular formula is C13H10BrClFN3S. The molecule has 0 fully saturated rings. The second-order valence-electron chi connectivity index (χ2n) is 3.92. The maximum absolute atomic E-state index is 12.8. The number of anilines is 1. The number of pyridine rings is 1. The van der Waals surface area contributed by atoms with Gasteiger partial charge < -0.3 is 10.6 Å². The fraction of sp³-hybridized carbons (Fsp3) is 0.0769. The van der Waals surface area contributed by atoms with Gasteiger partial charge in [-0.3, -0.25) is 0 Å². The lowest BCUT2D eigenvalue weighted by Gasteiger charge is -2.11. The Morgan fingerprint density at radius 3 is 2.70 bits per heavy atom. The summed E-state index contributed by atoms with van der Waals surface area (Å²) < 4.78 is 13.6. The summed E-state index contributed by atoms with van der Waals surface area (Å²) in [4.78, 5) is 4.12. The van der Waals surface area contributed by atoms with Crippen molar-refractivity contribution in [2.24, 2.45) is 0 Å². The first kappa shape index (κ1) is 15.2. The molecule has 0 aliphatic heterocycles. The third-order valence-electron chi connectivity index (χ3n) is 2.41. The van der Waals surface area contributed by atoms with Crippen LogP contribution in [0.4, 0.5) is 10.2 Å². The Balaban J connectivity index is 1.90. The Hall–Kier alpha value is -1.24.